The summed E-state index contributed by atoms with van der Waals surface area (Å²) in [5, 5.41) is 3.26. The van der Waals surface area contributed by atoms with Crippen LogP contribution in [-0.2, 0) is 4.79 Å². The highest BCUT2D eigenvalue weighted by Crippen LogP contribution is 2.32. The fourth-order valence-corrected chi connectivity index (χ4v) is 2.67. The molecule has 3 aliphatic rings. The molecule has 0 amide bonds. The van der Waals surface area contributed by atoms with E-state index in [4.69, 9.17) is 0 Å². The molecule has 2 fully saturated rings. The number of carbonyl (C=O) groups excluding carboxylic acids is 1. The Hall–Kier alpha value is -1.16. The lowest BCUT2D eigenvalue weighted by molar-refractivity contribution is -0.130. The molecular weight excluding hydrogens is 195 g/mol. The van der Waals surface area contributed by atoms with Crippen molar-refractivity contribution in [1.82, 2.24) is 10.2 Å². The maximum absolute atomic E-state index is 13.1. The Labute approximate surface area is 87.6 Å². The van der Waals surface area contributed by atoms with Crippen molar-refractivity contribution in [2.45, 2.75) is 0 Å². The van der Waals surface area contributed by atoms with E-state index >= 15 is 0 Å². The van der Waals surface area contributed by atoms with Crippen LogP contribution in [0.15, 0.2) is 23.7 Å². The number of piperidine rings is 2. The van der Waals surface area contributed by atoms with Crippen LogP contribution in [-0.4, -0.2) is 36.9 Å². The van der Waals surface area contributed by atoms with Gasteiger partial charge in [0.15, 0.2) is 0 Å². The van der Waals surface area contributed by atoms with Gasteiger partial charge in [0.1, 0.15) is 11.6 Å². The molecule has 4 heteroatoms. The molecule has 2 unspecified atom stereocenters. The first-order chi connectivity index (χ1) is 7.25. The summed E-state index contributed by atoms with van der Waals surface area (Å²) < 4.78 is 13.1. The number of allylic oxidation sites excluding steroid dienone is 2. The Morgan fingerprint density at radius 2 is 2.27 bits per heavy atom. The molecule has 0 radical (unpaired) electrons. The summed E-state index contributed by atoms with van der Waals surface area (Å²) >= 11 is 0. The van der Waals surface area contributed by atoms with Crippen LogP contribution >= 0.6 is 0 Å². The zero-order valence-electron chi connectivity index (χ0n) is 8.37. The number of nitrogens with zero attached hydrogens (tertiary/aromatic N) is 1. The summed E-state index contributed by atoms with van der Waals surface area (Å²) in [6, 6.07) is 0. The van der Waals surface area contributed by atoms with Crippen molar-refractivity contribution in [3.63, 3.8) is 0 Å². The average molecular weight is 208 g/mol. The number of carbonyl (C=O) groups is 1. The van der Waals surface area contributed by atoms with Gasteiger partial charge in [-0.25, -0.2) is 4.39 Å². The quantitative estimate of drug-likeness (QED) is 0.627. The molecule has 2 bridgehead atoms. The third-order valence-electron chi connectivity index (χ3n) is 3.42. The van der Waals surface area contributed by atoms with Gasteiger partial charge in [-0.3, -0.25) is 4.79 Å². The maximum atomic E-state index is 13.1. The Balaban J connectivity index is 1.97. The second kappa shape index (κ2) is 3.17. The minimum atomic E-state index is -0.112. The van der Waals surface area contributed by atoms with Gasteiger partial charge in [-0.2, -0.15) is 0 Å². The molecule has 0 aromatic heterocycles. The minimum Gasteiger partial charge on any atom is -0.367 e. The first-order valence-electron chi connectivity index (χ1n) is 5.31. The molecule has 2 atom stereocenters. The molecule has 0 aromatic carbocycles. The van der Waals surface area contributed by atoms with E-state index in [1.54, 1.807) is 6.08 Å². The van der Waals surface area contributed by atoms with E-state index in [1.807, 2.05) is 4.90 Å². The number of halogens is 1. The fourth-order valence-electron chi connectivity index (χ4n) is 2.67. The molecule has 3 aliphatic heterocycles. The Kier molecular flexibility index (Phi) is 1.92. The smallest absolute Gasteiger partial charge is 0.149 e. The Morgan fingerprint density at radius 1 is 1.40 bits per heavy atom. The summed E-state index contributed by atoms with van der Waals surface area (Å²) in [5.41, 5.74) is 0.991. The third kappa shape index (κ3) is 1.32. The molecule has 0 aromatic rings. The monoisotopic (exact) mass is 208 g/mol. The second-order valence-electron chi connectivity index (χ2n) is 4.40. The van der Waals surface area contributed by atoms with Gasteiger partial charge >= 0.3 is 0 Å². The molecule has 3 rings (SSSR count). The largest absolute Gasteiger partial charge is 0.367 e. The highest BCUT2D eigenvalue weighted by molar-refractivity contribution is 5.88. The number of fused-ring (bicyclic) bond motifs is 4. The van der Waals surface area contributed by atoms with Crippen molar-refractivity contribution in [2.24, 2.45) is 11.8 Å². The Bertz CT molecular complexity index is 375. The summed E-state index contributed by atoms with van der Waals surface area (Å²) in [5.74, 6) is 0.208. The first-order valence-corrected chi connectivity index (χ1v) is 5.31. The predicted molar refractivity (Wildman–Crippen MR) is 53.7 cm³/mol. The van der Waals surface area contributed by atoms with Crippen LogP contribution in [0.1, 0.15) is 0 Å². The Morgan fingerprint density at radius 3 is 3.13 bits per heavy atom. The minimum absolute atomic E-state index is 0.0480. The molecule has 3 heterocycles. The van der Waals surface area contributed by atoms with Crippen LogP contribution in [0.4, 0.5) is 4.39 Å². The highest BCUT2D eigenvalue weighted by Gasteiger charge is 2.41. The van der Waals surface area contributed by atoms with Crippen LogP contribution in [0.25, 0.3) is 0 Å². The highest BCUT2D eigenvalue weighted by atomic mass is 19.1. The zero-order chi connectivity index (χ0) is 10.4. The van der Waals surface area contributed by atoms with Crippen molar-refractivity contribution in [2.75, 3.05) is 26.2 Å². The standard InChI is InChI=1S/C11H13FN2O/c12-8-1-2-10-9-4-13-3-7(11(9)15)5-14(10)6-8/h1-2,7,9,13H,3-6H2. The van der Waals surface area contributed by atoms with E-state index in [2.05, 4.69) is 5.32 Å². The van der Waals surface area contributed by atoms with Crippen molar-refractivity contribution in [1.29, 1.82) is 0 Å². The molecule has 0 aliphatic carbocycles. The van der Waals surface area contributed by atoms with E-state index in [-0.39, 0.29) is 17.7 Å². The van der Waals surface area contributed by atoms with Gasteiger partial charge in [0.25, 0.3) is 0 Å². The molecule has 15 heavy (non-hydrogen) atoms. The van der Waals surface area contributed by atoms with Crippen molar-refractivity contribution < 1.29 is 9.18 Å². The van der Waals surface area contributed by atoms with Crippen LogP contribution < -0.4 is 5.32 Å². The van der Waals surface area contributed by atoms with Gasteiger partial charge < -0.3 is 10.2 Å². The van der Waals surface area contributed by atoms with E-state index in [1.165, 1.54) is 6.08 Å². The topological polar surface area (TPSA) is 32.3 Å². The lowest BCUT2D eigenvalue weighted by atomic mass is 9.81. The number of hydrogen-bond acceptors (Lipinski definition) is 3. The summed E-state index contributed by atoms with van der Waals surface area (Å²) in [6.45, 7) is 2.44. The van der Waals surface area contributed by atoms with Crippen molar-refractivity contribution >= 4 is 5.78 Å². The van der Waals surface area contributed by atoms with Gasteiger partial charge in [-0.1, -0.05) is 0 Å². The molecule has 3 nitrogen and oxygen atoms in total. The second-order valence-corrected chi connectivity index (χ2v) is 4.40. The van der Waals surface area contributed by atoms with E-state index < -0.39 is 0 Å². The average Bonchev–Trinajstić information content (AvgIpc) is 2.19. The summed E-state index contributed by atoms with van der Waals surface area (Å²) in [7, 11) is 0. The van der Waals surface area contributed by atoms with Gasteiger partial charge in [0, 0.05) is 31.2 Å². The molecule has 0 spiro atoms. The zero-order valence-corrected chi connectivity index (χ0v) is 8.37. The fraction of sp³-hybridized carbons (Fsp3) is 0.545. The number of Topliss-reactive ketones (excluding diaryl/α,β-unsaturated/α-hetero) is 1. The first kappa shape index (κ1) is 9.09. The molecule has 1 N–H and O–H groups in total. The van der Waals surface area contributed by atoms with Gasteiger partial charge in [0.2, 0.25) is 0 Å². The third-order valence-corrected chi connectivity index (χ3v) is 3.42. The van der Waals surface area contributed by atoms with E-state index in [0.717, 1.165) is 12.2 Å². The maximum Gasteiger partial charge on any atom is 0.149 e. The van der Waals surface area contributed by atoms with Crippen LogP contribution in [0, 0.1) is 11.8 Å². The van der Waals surface area contributed by atoms with Gasteiger partial charge in [-0.05, 0) is 12.2 Å². The predicted octanol–water partition coefficient (Wildman–Crippen LogP) is 0.458. The normalized spacial score (nSPS) is 34.5. The molecule has 2 saturated heterocycles. The lowest BCUT2D eigenvalue weighted by Gasteiger charge is -2.44. The van der Waals surface area contributed by atoms with E-state index in [9.17, 15) is 9.18 Å². The van der Waals surface area contributed by atoms with Crippen LogP contribution in [0.3, 0.4) is 0 Å². The summed E-state index contributed by atoms with van der Waals surface area (Å²) in [4.78, 5) is 13.9. The van der Waals surface area contributed by atoms with Gasteiger partial charge in [0.05, 0.1) is 12.5 Å². The van der Waals surface area contributed by atoms with Crippen LogP contribution in [0.2, 0.25) is 0 Å². The molecule has 0 saturated carbocycles. The van der Waals surface area contributed by atoms with E-state index in [0.29, 0.717) is 25.4 Å². The summed E-state index contributed by atoms with van der Waals surface area (Å²) in [6.07, 6.45) is 3.23. The molecular formula is C11H13FN2O. The SMILES string of the molecule is O=C1C2CNCC1C1=CC=C(F)CN1C2. The van der Waals surface area contributed by atoms with Crippen molar-refractivity contribution in [3.05, 3.63) is 23.7 Å². The number of ketones is 1. The molecule has 80 valence electrons. The van der Waals surface area contributed by atoms with Crippen LogP contribution in [0.5, 0.6) is 0 Å². The lowest BCUT2D eigenvalue weighted by Crippen LogP contribution is -2.56. The van der Waals surface area contributed by atoms with Crippen molar-refractivity contribution in [3.8, 4) is 0 Å². The number of nitrogens with one attached hydrogen (secondary N) is 1. The number of hydrogen-bond donors (Lipinski definition) is 1. The number of rotatable bonds is 0. The van der Waals surface area contributed by atoms with Gasteiger partial charge in [-0.15, -0.1) is 0 Å².